The molecule has 0 aliphatic rings. The van der Waals surface area contributed by atoms with Gasteiger partial charge in [-0.2, -0.15) is 0 Å². The van der Waals surface area contributed by atoms with E-state index < -0.39 is 0 Å². The Labute approximate surface area is 121 Å². The summed E-state index contributed by atoms with van der Waals surface area (Å²) in [6.07, 6.45) is 0. The molecule has 0 saturated heterocycles. The Hall–Kier alpha value is -1.46. The van der Waals surface area contributed by atoms with Crippen molar-refractivity contribution in [2.75, 3.05) is 11.1 Å². The van der Waals surface area contributed by atoms with E-state index in [1.807, 2.05) is 24.3 Å². The monoisotopic (exact) mass is 292 g/mol. The summed E-state index contributed by atoms with van der Waals surface area (Å²) in [6, 6.07) is 12.2. The van der Waals surface area contributed by atoms with Crippen molar-refractivity contribution >= 4 is 34.7 Å². The summed E-state index contributed by atoms with van der Waals surface area (Å²) in [5, 5.41) is 3.40. The van der Waals surface area contributed by atoms with E-state index in [4.69, 9.17) is 5.73 Å². The van der Waals surface area contributed by atoms with Crippen LogP contribution < -0.4 is 11.1 Å². The van der Waals surface area contributed by atoms with Gasteiger partial charge in [-0.15, -0.1) is 23.1 Å². The second-order valence-corrected chi connectivity index (χ2v) is 6.51. The van der Waals surface area contributed by atoms with E-state index in [0.29, 0.717) is 5.75 Å². The molecule has 1 amide bonds. The van der Waals surface area contributed by atoms with E-state index in [1.165, 1.54) is 21.5 Å². The second-order valence-electron chi connectivity index (χ2n) is 4.12. The third-order valence-corrected chi connectivity index (χ3v) is 4.60. The molecule has 2 aromatic rings. The molecule has 0 radical (unpaired) electrons. The normalized spacial score (nSPS) is 10.4. The van der Waals surface area contributed by atoms with Crippen molar-refractivity contribution in [3.63, 3.8) is 0 Å². The fourth-order valence-electron chi connectivity index (χ4n) is 1.65. The highest BCUT2D eigenvalue weighted by Gasteiger charge is 2.04. The third-order valence-electron chi connectivity index (χ3n) is 2.51. The summed E-state index contributed by atoms with van der Waals surface area (Å²) in [6.45, 7) is 2.90. The Balaban J connectivity index is 2.01. The van der Waals surface area contributed by atoms with E-state index >= 15 is 0 Å². The lowest BCUT2D eigenvalue weighted by atomic mass is 10.3. The molecule has 19 heavy (non-hydrogen) atoms. The first-order valence-electron chi connectivity index (χ1n) is 5.94. The number of primary amides is 1. The van der Waals surface area contributed by atoms with E-state index in [1.54, 1.807) is 11.3 Å². The SMILES string of the molecule is Cc1ccc(CNc2ccccc2SCC(N)=O)s1. The fraction of sp³-hybridized carbons (Fsp3) is 0.214. The summed E-state index contributed by atoms with van der Waals surface area (Å²) in [4.78, 5) is 14.5. The molecule has 2 rings (SSSR count). The van der Waals surface area contributed by atoms with E-state index in [0.717, 1.165) is 17.1 Å². The van der Waals surface area contributed by atoms with Crippen molar-refractivity contribution in [2.45, 2.75) is 18.4 Å². The average molecular weight is 292 g/mol. The Morgan fingerprint density at radius 1 is 1.32 bits per heavy atom. The number of thioether (sulfide) groups is 1. The Morgan fingerprint density at radius 2 is 2.11 bits per heavy atom. The molecule has 0 fully saturated rings. The Morgan fingerprint density at radius 3 is 2.79 bits per heavy atom. The van der Waals surface area contributed by atoms with Gasteiger partial charge in [-0.25, -0.2) is 0 Å². The van der Waals surface area contributed by atoms with Crippen molar-refractivity contribution in [3.8, 4) is 0 Å². The number of anilines is 1. The lowest BCUT2D eigenvalue weighted by molar-refractivity contribution is -0.115. The molecule has 5 heteroatoms. The minimum Gasteiger partial charge on any atom is -0.379 e. The smallest absolute Gasteiger partial charge is 0.227 e. The number of nitrogens with one attached hydrogen (secondary N) is 1. The lowest BCUT2D eigenvalue weighted by Gasteiger charge is -2.10. The number of rotatable bonds is 6. The minimum atomic E-state index is -0.298. The zero-order chi connectivity index (χ0) is 13.7. The first-order chi connectivity index (χ1) is 9.15. The number of carbonyl (C=O) groups excluding carboxylic acids is 1. The molecule has 3 nitrogen and oxygen atoms in total. The number of hydrogen-bond acceptors (Lipinski definition) is 4. The van der Waals surface area contributed by atoms with Gasteiger partial charge in [0.25, 0.3) is 0 Å². The number of aryl methyl sites for hydroxylation is 1. The standard InChI is InChI=1S/C14H16N2OS2/c1-10-6-7-11(19-10)8-16-12-4-2-3-5-13(12)18-9-14(15)17/h2-7,16H,8-9H2,1H3,(H2,15,17). The van der Waals surface area contributed by atoms with Crippen LogP contribution in [0, 0.1) is 6.92 Å². The molecule has 3 N–H and O–H groups in total. The Bertz CT molecular complexity index is 566. The molecule has 0 aliphatic heterocycles. The van der Waals surface area contributed by atoms with Gasteiger partial charge in [-0.1, -0.05) is 12.1 Å². The quantitative estimate of drug-likeness (QED) is 0.804. The molecule has 100 valence electrons. The molecule has 0 spiro atoms. The van der Waals surface area contributed by atoms with Gasteiger partial charge in [0, 0.05) is 26.9 Å². The van der Waals surface area contributed by atoms with Crippen LogP contribution in [-0.4, -0.2) is 11.7 Å². The molecule has 1 heterocycles. The first-order valence-corrected chi connectivity index (χ1v) is 7.74. The highest BCUT2D eigenvalue weighted by atomic mass is 32.2. The number of amides is 1. The van der Waals surface area contributed by atoms with Gasteiger partial charge in [0.15, 0.2) is 0 Å². The van der Waals surface area contributed by atoms with Gasteiger partial charge in [-0.05, 0) is 31.2 Å². The molecule has 0 saturated carbocycles. The van der Waals surface area contributed by atoms with Crippen LogP contribution in [0.15, 0.2) is 41.3 Å². The largest absolute Gasteiger partial charge is 0.379 e. The number of hydrogen-bond donors (Lipinski definition) is 2. The summed E-state index contributed by atoms with van der Waals surface area (Å²) >= 11 is 3.25. The number of nitrogens with two attached hydrogens (primary N) is 1. The highest BCUT2D eigenvalue weighted by molar-refractivity contribution is 8.00. The average Bonchev–Trinajstić information content (AvgIpc) is 2.80. The van der Waals surface area contributed by atoms with Crippen LogP contribution in [0.1, 0.15) is 9.75 Å². The molecule has 0 unspecified atom stereocenters. The van der Waals surface area contributed by atoms with Crippen LogP contribution in [0.2, 0.25) is 0 Å². The summed E-state index contributed by atoms with van der Waals surface area (Å²) < 4.78 is 0. The molecule has 1 aromatic heterocycles. The maximum Gasteiger partial charge on any atom is 0.227 e. The van der Waals surface area contributed by atoms with Crippen LogP contribution in [0.3, 0.4) is 0 Å². The molecule has 0 aliphatic carbocycles. The zero-order valence-electron chi connectivity index (χ0n) is 10.7. The first kappa shape index (κ1) is 14.0. The third kappa shape index (κ3) is 4.29. The molecule has 0 atom stereocenters. The van der Waals surface area contributed by atoms with Gasteiger partial charge >= 0.3 is 0 Å². The van der Waals surface area contributed by atoms with Crippen LogP contribution in [0.5, 0.6) is 0 Å². The van der Waals surface area contributed by atoms with Gasteiger partial charge < -0.3 is 11.1 Å². The maximum atomic E-state index is 10.8. The van der Waals surface area contributed by atoms with Crippen LogP contribution in [-0.2, 0) is 11.3 Å². The number of para-hydroxylation sites is 1. The van der Waals surface area contributed by atoms with Gasteiger partial charge in [0.2, 0.25) is 5.91 Å². The van der Waals surface area contributed by atoms with Gasteiger partial charge in [-0.3, -0.25) is 4.79 Å². The van der Waals surface area contributed by atoms with E-state index in [9.17, 15) is 4.79 Å². The van der Waals surface area contributed by atoms with Crippen LogP contribution in [0.25, 0.3) is 0 Å². The minimum absolute atomic E-state index is 0.298. The molecule has 0 bridgehead atoms. The second kappa shape index (κ2) is 6.63. The summed E-state index contributed by atoms with van der Waals surface area (Å²) in [5.74, 6) is 0.00487. The fourth-order valence-corrected chi connectivity index (χ4v) is 3.25. The zero-order valence-corrected chi connectivity index (χ0v) is 12.3. The van der Waals surface area contributed by atoms with E-state index in [2.05, 4.69) is 24.4 Å². The van der Waals surface area contributed by atoms with Crippen LogP contribution >= 0.6 is 23.1 Å². The van der Waals surface area contributed by atoms with Crippen LogP contribution in [0.4, 0.5) is 5.69 Å². The molecular formula is C14H16N2OS2. The maximum absolute atomic E-state index is 10.8. The highest BCUT2D eigenvalue weighted by Crippen LogP contribution is 2.27. The predicted octanol–water partition coefficient (Wildman–Crippen LogP) is 3.25. The van der Waals surface area contributed by atoms with Crippen molar-refractivity contribution < 1.29 is 4.79 Å². The number of thiophene rings is 1. The van der Waals surface area contributed by atoms with Gasteiger partial charge in [0.05, 0.1) is 5.75 Å². The summed E-state index contributed by atoms with van der Waals surface area (Å²) in [5.41, 5.74) is 6.22. The van der Waals surface area contributed by atoms with Crippen molar-refractivity contribution in [3.05, 3.63) is 46.2 Å². The van der Waals surface area contributed by atoms with E-state index in [-0.39, 0.29) is 5.91 Å². The lowest BCUT2D eigenvalue weighted by Crippen LogP contribution is -2.13. The van der Waals surface area contributed by atoms with Crippen molar-refractivity contribution in [1.82, 2.24) is 0 Å². The predicted molar refractivity (Wildman–Crippen MR) is 82.7 cm³/mol. The molecular weight excluding hydrogens is 276 g/mol. The number of carbonyl (C=O) groups is 1. The Kier molecular flexibility index (Phi) is 4.87. The molecule has 1 aromatic carbocycles. The number of benzene rings is 1. The topological polar surface area (TPSA) is 55.1 Å². The van der Waals surface area contributed by atoms with Gasteiger partial charge in [0.1, 0.15) is 0 Å². The summed E-state index contributed by atoms with van der Waals surface area (Å²) in [7, 11) is 0. The van der Waals surface area contributed by atoms with Crippen molar-refractivity contribution in [2.24, 2.45) is 5.73 Å². The van der Waals surface area contributed by atoms with Crippen molar-refractivity contribution in [1.29, 1.82) is 0 Å².